The highest BCUT2D eigenvalue weighted by atomic mass is 35.5. The first-order valence-electron chi connectivity index (χ1n) is 8.08. The summed E-state index contributed by atoms with van der Waals surface area (Å²) in [6, 6.07) is 16.9. The van der Waals surface area contributed by atoms with Gasteiger partial charge in [-0.3, -0.25) is 4.79 Å². The molecule has 0 radical (unpaired) electrons. The topological polar surface area (TPSA) is 49.3 Å². The maximum absolute atomic E-state index is 12.1. The van der Waals surface area contributed by atoms with Gasteiger partial charge < -0.3 is 10.4 Å². The summed E-state index contributed by atoms with van der Waals surface area (Å²) >= 11 is 6.06. The van der Waals surface area contributed by atoms with Crippen LogP contribution < -0.4 is 5.32 Å². The minimum absolute atomic E-state index is 0.202. The van der Waals surface area contributed by atoms with E-state index in [1.165, 1.54) is 6.08 Å². The largest absolute Gasteiger partial charge is 0.383 e. The van der Waals surface area contributed by atoms with Gasteiger partial charge in [0, 0.05) is 11.1 Å². The number of hydrogen-bond donors (Lipinski definition) is 2. The van der Waals surface area contributed by atoms with Crippen molar-refractivity contribution in [1.29, 1.82) is 0 Å². The molecule has 1 aliphatic carbocycles. The van der Waals surface area contributed by atoms with Gasteiger partial charge in [-0.2, -0.15) is 0 Å². The average molecular weight is 342 g/mol. The predicted molar refractivity (Wildman–Crippen MR) is 96.6 cm³/mol. The van der Waals surface area contributed by atoms with Crippen molar-refractivity contribution in [1.82, 2.24) is 5.32 Å². The molecule has 2 N–H and O–H groups in total. The van der Waals surface area contributed by atoms with Crippen LogP contribution in [-0.4, -0.2) is 17.6 Å². The number of carbonyl (C=O) groups is 1. The third kappa shape index (κ3) is 3.86. The van der Waals surface area contributed by atoms with Crippen molar-refractivity contribution in [3.63, 3.8) is 0 Å². The lowest BCUT2D eigenvalue weighted by Crippen LogP contribution is -2.42. The third-order valence-electron chi connectivity index (χ3n) is 4.38. The zero-order valence-corrected chi connectivity index (χ0v) is 14.0. The highest BCUT2D eigenvalue weighted by Crippen LogP contribution is 2.45. The van der Waals surface area contributed by atoms with Crippen molar-refractivity contribution in [2.45, 2.75) is 18.4 Å². The molecular formula is C20H20ClNO2. The van der Waals surface area contributed by atoms with E-state index in [4.69, 9.17) is 11.6 Å². The Labute approximate surface area is 147 Å². The van der Waals surface area contributed by atoms with Gasteiger partial charge in [-0.05, 0) is 42.0 Å². The molecule has 0 bridgehead atoms. The van der Waals surface area contributed by atoms with Gasteiger partial charge in [-0.1, -0.05) is 60.1 Å². The first-order valence-corrected chi connectivity index (χ1v) is 8.46. The first-order chi connectivity index (χ1) is 11.6. The third-order valence-corrected chi connectivity index (χ3v) is 4.72. The highest BCUT2D eigenvalue weighted by Gasteiger charge is 2.45. The second-order valence-corrected chi connectivity index (χ2v) is 6.54. The van der Waals surface area contributed by atoms with E-state index in [0.29, 0.717) is 5.02 Å². The van der Waals surface area contributed by atoms with Crippen LogP contribution in [0.2, 0.25) is 5.02 Å². The van der Waals surface area contributed by atoms with Crippen LogP contribution in [0.5, 0.6) is 0 Å². The summed E-state index contributed by atoms with van der Waals surface area (Å²) in [6.45, 7) is 0.202. The fourth-order valence-corrected chi connectivity index (χ4v) is 3.03. The summed E-state index contributed by atoms with van der Waals surface area (Å²) in [4.78, 5) is 12.1. The molecule has 0 heterocycles. The van der Waals surface area contributed by atoms with Crippen LogP contribution in [0.3, 0.4) is 0 Å². The number of benzene rings is 2. The van der Waals surface area contributed by atoms with Crippen LogP contribution in [0, 0.1) is 5.92 Å². The molecule has 1 amide bonds. The quantitative estimate of drug-likeness (QED) is 0.786. The molecular weight excluding hydrogens is 322 g/mol. The highest BCUT2D eigenvalue weighted by molar-refractivity contribution is 6.32. The predicted octanol–water partition coefficient (Wildman–Crippen LogP) is 3.77. The molecule has 3 nitrogen and oxygen atoms in total. The molecule has 4 heteroatoms. The number of carbonyl (C=O) groups excluding carboxylic acids is 1. The zero-order valence-electron chi connectivity index (χ0n) is 13.3. The van der Waals surface area contributed by atoms with E-state index in [-0.39, 0.29) is 18.4 Å². The van der Waals surface area contributed by atoms with Crippen LogP contribution >= 0.6 is 11.6 Å². The van der Waals surface area contributed by atoms with E-state index in [0.717, 1.165) is 24.0 Å². The average Bonchev–Trinajstić information content (AvgIpc) is 3.45. The van der Waals surface area contributed by atoms with Crippen LogP contribution in [0.4, 0.5) is 0 Å². The molecule has 0 aliphatic heterocycles. The van der Waals surface area contributed by atoms with Crippen molar-refractivity contribution in [3.05, 3.63) is 76.8 Å². The number of rotatable bonds is 6. The standard InChI is InChI=1S/C20H20ClNO2/c21-18-9-5-4-6-15(18)10-13-19(23)22-14-20(24,17-11-12-17)16-7-2-1-3-8-16/h1-10,13,17,24H,11-12,14H2,(H,22,23)/b13-10+/t20-/m0/s1. The van der Waals surface area contributed by atoms with Gasteiger partial charge in [-0.25, -0.2) is 0 Å². The molecule has 0 aromatic heterocycles. The molecule has 1 atom stereocenters. The van der Waals surface area contributed by atoms with Crippen molar-refractivity contribution in [2.75, 3.05) is 6.54 Å². The van der Waals surface area contributed by atoms with E-state index in [1.807, 2.05) is 48.5 Å². The van der Waals surface area contributed by atoms with Gasteiger partial charge in [0.25, 0.3) is 0 Å². The molecule has 3 rings (SSSR count). The fourth-order valence-electron chi connectivity index (χ4n) is 2.83. The summed E-state index contributed by atoms with van der Waals surface area (Å²) < 4.78 is 0. The molecule has 1 saturated carbocycles. The summed E-state index contributed by atoms with van der Waals surface area (Å²) in [5.74, 6) is -0.0438. The molecule has 1 fully saturated rings. The maximum Gasteiger partial charge on any atom is 0.244 e. The summed E-state index contributed by atoms with van der Waals surface area (Å²) in [5.41, 5.74) is 0.632. The lowest BCUT2D eigenvalue weighted by Gasteiger charge is -2.29. The fraction of sp³-hybridized carbons (Fsp3) is 0.250. The number of hydrogen-bond acceptors (Lipinski definition) is 2. The lowest BCUT2D eigenvalue weighted by atomic mass is 9.88. The molecule has 2 aromatic rings. The SMILES string of the molecule is O=C(/C=C/c1ccccc1Cl)NC[C@](O)(c1ccccc1)C1CC1. The Morgan fingerprint density at radius 3 is 2.50 bits per heavy atom. The normalized spacial score (nSPS) is 16.8. The second-order valence-electron chi connectivity index (χ2n) is 6.14. The van der Waals surface area contributed by atoms with Gasteiger partial charge in [-0.15, -0.1) is 0 Å². The maximum atomic E-state index is 12.1. The van der Waals surface area contributed by atoms with Gasteiger partial charge >= 0.3 is 0 Å². The van der Waals surface area contributed by atoms with E-state index in [9.17, 15) is 9.90 Å². The van der Waals surface area contributed by atoms with Crippen molar-refractivity contribution in [3.8, 4) is 0 Å². The molecule has 0 spiro atoms. The molecule has 0 unspecified atom stereocenters. The molecule has 124 valence electrons. The van der Waals surface area contributed by atoms with E-state index >= 15 is 0 Å². The number of aliphatic hydroxyl groups is 1. The zero-order chi connectivity index (χ0) is 17.0. The number of nitrogens with one attached hydrogen (secondary N) is 1. The summed E-state index contributed by atoms with van der Waals surface area (Å²) in [7, 11) is 0. The molecule has 1 aliphatic rings. The first kappa shape index (κ1) is 16.7. The Morgan fingerprint density at radius 2 is 1.83 bits per heavy atom. The van der Waals surface area contributed by atoms with E-state index in [2.05, 4.69) is 5.32 Å². The van der Waals surface area contributed by atoms with Crippen LogP contribution in [-0.2, 0) is 10.4 Å². The van der Waals surface area contributed by atoms with Crippen molar-refractivity contribution in [2.24, 2.45) is 5.92 Å². The minimum Gasteiger partial charge on any atom is -0.383 e. The van der Waals surface area contributed by atoms with Crippen LogP contribution in [0.15, 0.2) is 60.7 Å². The molecule has 2 aromatic carbocycles. The monoisotopic (exact) mass is 341 g/mol. The van der Waals surface area contributed by atoms with E-state index < -0.39 is 5.60 Å². The van der Waals surface area contributed by atoms with Crippen molar-refractivity contribution < 1.29 is 9.90 Å². The van der Waals surface area contributed by atoms with Crippen LogP contribution in [0.1, 0.15) is 24.0 Å². The van der Waals surface area contributed by atoms with Gasteiger partial charge in [0.15, 0.2) is 0 Å². The molecule has 24 heavy (non-hydrogen) atoms. The minimum atomic E-state index is -1.00. The Morgan fingerprint density at radius 1 is 1.17 bits per heavy atom. The second kappa shape index (κ2) is 7.20. The molecule has 0 saturated heterocycles. The van der Waals surface area contributed by atoms with Crippen LogP contribution in [0.25, 0.3) is 6.08 Å². The Hall–Kier alpha value is -2.10. The Balaban J connectivity index is 1.65. The number of amides is 1. The van der Waals surface area contributed by atoms with Crippen molar-refractivity contribution >= 4 is 23.6 Å². The summed E-state index contributed by atoms with van der Waals surface area (Å²) in [5, 5.41) is 14.5. The van der Waals surface area contributed by atoms with Gasteiger partial charge in [0.2, 0.25) is 5.91 Å². The summed E-state index contributed by atoms with van der Waals surface area (Å²) in [6.07, 6.45) is 5.09. The Kier molecular flexibility index (Phi) is 5.03. The lowest BCUT2D eigenvalue weighted by molar-refractivity contribution is -0.118. The van der Waals surface area contributed by atoms with E-state index in [1.54, 1.807) is 12.1 Å². The smallest absolute Gasteiger partial charge is 0.244 e. The Bertz CT molecular complexity index is 740. The van der Waals surface area contributed by atoms with Gasteiger partial charge in [0.1, 0.15) is 5.60 Å². The number of halogens is 1. The van der Waals surface area contributed by atoms with Gasteiger partial charge in [0.05, 0.1) is 6.54 Å².